The Kier molecular flexibility index (Phi) is 6.93. The number of nitrogens with one attached hydrogen (secondary N) is 2. The van der Waals surface area contributed by atoms with Crippen molar-refractivity contribution < 1.29 is 27.5 Å². The van der Waals surface area contributed by atoms with E-state index in [1.807, 2.05) is 12.2 Å². The number of anilines is 2. The van der Waals surface area contributed by atoms with Crippen molar-refractivity contribution in [3.63, 3.8) is 0 Å². The van der Waals surface area contributed by atoms with Gasteiger partial charge in [-0.2, -0.15) is 0 Å². The maximum Gasteiger partial charge on any atom is 0.262 e. The number of sulfonamides is 1. The van der Waals surface area contributed by atoms with Gasteiger partial charge in [-0.3, -0.25) is 24.0 Å². The van der Waals surface area contributed by atoms with Crippen molar-refractivity contribution >= 4 is 39.1 Å². The van der Waals surface area contributed by atoms with Crippen molar-refractivity contribution in [2.45, 2.75) is 31.1 Å². The molecule has 1 fully saturated rings. The second-order valence-corrected chi connectivity index (χ2v) is 10.2. The van der Waals surface area contributed by atoms with Gasteiger partial charge in [0, 0.05) is 18.7 Å². The molecule has 1 heterocycles. The number of allylic oxidation sites excluding steroid dienone is 2. The molecular formula is C25H27N3O6S. The summed E-state index contributed by atoms with van der Waals surface area (Å²) in [6.45, 7) is 1.64. The molecule has 2 aliphatic rings. The number of rotatable bonds is 8. The van der Waals surface area contributed by atoms with Crippen molar-refractivity contribution in [2.24, 2.45) is 11.8 Å². The molecule has 0 bridgehead atoms. The lowest BCUT2D eigenvalue weighted by molar-refractivity contribution is -0.140. The number of carbonyl (C=O) groups excluding carboxylic acids is 3. The Morgan fingerprint density at radius 2 is 1.71 bits per heavy atom. The Labute approximate surface area is 204 Å². The molecule has 1 saturated heterocycles. The van der Waals surface area contributed by atoms with E-state index in [4.69, 9.17) is 4.74 Å². The molecule has 0 radical (unpaired) electrons. The minimum absolute atomic E-state index is 0.00248. The summed E-state index contributed by atoms with van der Waals surface area (Å²) in [4.78, 5) is 38.9. The Morgan fingerprint density at radius 3 is 2.37 bits per heavy atom. The zero-order valence-corrected chi connectivity index (χ0v) is 20.3. The summed E-state index contributed by atoms with van der Waals surface area (Å²) in [6, 6.07) is 11.2. The number of para-hydroxylation sites is 2. The van der Waals surface area contributed by atoms with Crippen LogP contribution in [0.4, 0.5) is 11.4 Å². The zero-order chi connectivity index (χ0) is 25.2. The van der Waals surface area contributed by atoms with Crippen LogP contribution in [0.2, 0.25) is 0 Å². The number of fused-ring (bicyclic) bond motifs is 1. The highest BCUT2D eigenvalue weighted by Crippen LogP contribution is 2.35. The summed E-state index contributed by atoms with van der Waals surface area (Å²) in [7, 11) is -2.52. The number of hydrogen-bond acceptors (Lipinski definition) is 6. The monoisotopic (exact) mass is 497 g/mol. The number of imide groups is 1. The van der Waals surface area contributed by atoms with Gasteiger partial charge in [0.15, 0.2) is 0 Å². The molecule has 35 heavy (non-hydrogen) atoms. The topological polar surface area (TPSA) is 122 Å². The molecule has 1 aliphatic heterocycles. The van der Waals surface area contributed by atoms with Crippen molar-refractivity contribution in [3.05, 3.63) is 60.2 Å². The molecule has 0 aromatic heterocycles. The zero-order valence-electron chi connectivity index (χ0n) is 19.5. The van der Waals surface area contributed by atoms with Crippen LogP contribution in [0.5, 0.6) is 5.75 Å². The molecule has 3 amide bonds. The molecule has 2 aromatic carbocycles. The molecule has 9 nitrogen and oxygen atoms in total. The van der Waals surface area contributed by atoms with Crippen LogP contribution in [0.3, 0.4) is 0 Å². The normalized spacial score (nSPS) is 19.4. The van der Waals surface area contributed by atoms with Crippen LogP contribution in [0.1, 0.15) is 24.8 Å². The SMILES string of the molecule is COc1ccccc1NS(=O)(=O)c1cc(NC(=O)CCN2C(=O)C3CC=CCC3C2=O)ccc1C. The second kappa shape index (κ2) is 9.91. The van der Waals surface area contributed by atoms with Crippen LogP contribution in [-0.4, -0.2) is 44.7 Å². The molecular weight excluding hydrogens is 470 g/mol. The van der Waals surface area contributed by atoms with Crippen LogP contribution in [0.15, 0.2) is 59.5 Å². The highest BCUT2D eigenvalue weighted by molar-refractivity contribution is 7.92. The number of aryl methyl sites for hydroxylation is 1. The number of benzene rings is 2. The lowest BCUT2D eigenvalue weighted by Crippen LogP contribution is -2.34. The van der Waals surface area contributed by atoms with Gasteiger partial charge in [0.05, 0.1) is 29.5 Å². The third kappa shape index (κ3) is 5.07. The number of ether oxygens (including phenoxy) is 1. The first-order chi connectivity index (χ1) is 16.7. The minimum Gasteiger partial charge on any atom is -0.495 e. The third-order valence-electron chi connectivity index (χ3n) is 6.27. The highest BCUT2D eigenvalue weighted by atomic mass is 32.2. The summed E-state index contributed by atoms with van der Waals surface area (Å²) < 4.78 is 33.8. The van der Waals surface area contributed by atoms with Crippen LogP contribution >= 0.6 is 0 Å². The van der Waals surface area contributed by atoms with Crippen LogP contribution < -0.4 is 14.8 Å². The van der Waals surface area contributed by atoms with E-state index in [9.17, 15) is 22.8 Å². The van der Waals surface area contributed by atoms with E-state index in [1.54, 1.807) is 43.3 Å². The number of carbonyl (C=O) groups is 3. The Morgan fingerprint density at radius 1 is 1.06 bits per heavy atom. The number of amides is 3. The summed E-state index contributed by atoms with van der Waals surface area (Å²) in [5.74, 6) is -1.19. The van der Waals surface area contributed by atoms with E-state index >= 15 is 0 Å². The van der Waals surface area contributed by atoms with E-state index in [0.29, 0.717) is 29.8 Å². The first-order valence-electron chi connectivity index (χ1n) is 11.3. The summed E-state index contributed by atoms with van der Waals surface area (Å²) in [5, 5.41) is 2.67. The molecule has 2 atom stereocenters. The largest absolute Gasteiger partial charge is 0.495 e. The number of methoxy groups -OCH3 is 1. The van der Waals surface area contributed by atoms with E-state index < -0.39 is 15.9 Å². The first-order valence-corrected chi connectivity index (χ1v) is 12.8. The van der Waals surface area contributed by atoms with Gasteiger partial charge in [-0.15, -0.1) is 0 Å². The van der Waals surface area contributed by atoms with E-state index in [1.165, 1.54) is 18.1 Å². The Bertz CT molecular complexity index is 1280. The van der Waals surface area contributed by atoms with E-state index in [0.717, 1.165) is 0 Å². The maximum atomic E-state index is 13.1. The van der Waals surface area contributed by atoms with Gasteiger partial charge in [0.25, 0.3) is 10.0 Å². The van der Waals surface area contributed by atoms with Gasteiger partial charge in [-0.25, -0.2) is 8.42 Å². The molecule has 0 spiro atoms. The highest BCUT2D eigenvalue weighted by Gasteiger charge is 2.46. The molecule has 2 aromatic rings. The molecule has 184 valence electrons. The number of hydrogen-bond donors (Lipinski definition) is 2. The third-order valence-corrected chi connectivity index (χ3v) is 7.78. The van der Waals surface area contributed by atoms with Crippen molar-refractivity contribution in [1.82, 2.24) is 4.90 Å². The van der Waals surface area contributed by atoms with Crippen molar-refractivity contribution in [3.8, 4) is 5.75 Å². The van der Waals surface area contributed by atoms with Gasteiger partial charge in [0.2, 0.25) is 17.7 Å². The average Bonchev–Trinajstić information content (AvgIpc) is 3.08. The quantitative estimate of drug-likeness (QED) is 0.427. The lowest BCUT2D eigenvalue weighted by Gasteiger charge is -2.16. The average molecular weight is 498 g/mol. The summed E-state index contributed by atoms with van der Waals surface area (Å²) in [5.41, 5.74) is 1.08. The number of nitrogens with zero attached hydrogens (tertiary/aromatic N) is 1. The molecule has 2 N–H and O–H groups in total. The summed E-state index contributed by atoms with van der Waals surface area (Å²) >= 11 is 0. The summed E-state index contributed by atoms with van der Waals surface area (Å²) in [6.07, 6.45) is 4.82. The van der Waals surface area contributed by atoms with Gasteiger partial charge in [-0.1, -0.05) is 30.4 Å². The predicted octanol–water partition coefficient (Wildman–Crippen LogP) is 3.08. The van der Waals surface area contributed by atoms with E-state index in [2.05, 4.69) is 10.0 Å². The van der Waals surface area contributed by atoms with Gasteiger partial charge >= 0.3 is 0 Å². The Balaban J connectivity index is 1.43. The molecule has 0 saturated carbocycles. The minimum atomic E-state index is -3.97. The van der Waals surface area contributed by atoms with Crippen molar-refractivity contribution in [2.75, 3.05) is 23.7 Å². The predicted molar refractivity (Wildman–Crippen MR) is 130 cm³/mol. The first kappa shape index (κ1) is 24.5. The number of likely N-dealkylation sites (tertiary alicyclic amines) is 1. The fraction of sp³-hybridized carbons (Fsp3) is 0.320. The van der Waals surface area contributed by atoms with Crippen LogP contribution in [-0.2, 0) is 24.4 Å². The fourth-order valence-corrected chi connectivity index (χ4v) is 5.76. The Hall–Kier alpha value is -3.66. The van der Waals surface area contributed by atoms with Crippen molar-refractivity contribution in [1.29, 1.82) is 0 Å². The maximum absolute atomic E-state index is 13.1. The van der Waals surface area contributed by atoms with Crippen LogP contribution in [0.25, 0.3) is 0 Å². The van der Waals surface area contributed by atoms with Crippen LogP contribution in [0, 0.1) is 18.8 Å². The van der Waals surface area contributed by atoms with E-state index in [-0.39, 0.29) is 47.2 Å². The fourth-order valence-electron chi connectivity index (χ4n) is 4.42. The standard InChI is InChI=1S/C25H27N3O6S/c1-16-11-12-17(15-22(16)35(32,33)27-20-9-5-6-10-21(20)34-2)26-23(29)13-14-28-24(30)18-7-3-4-8-19(18)25(28)31/h3-6,9-12,15,18-19,27H,7-8,13-14H2,1-2H3,(H,26,29). The van der Waals surface area contributed by atoms with Gasteiger partial charge in [0.1, 0.15) is 5.75 Å². The van der Waals surface area contributed by atoms with Gasteiger partial charge in [-0.05, 0) is 49.6 Å². The second-order valence-electron chi connectivity index (χ2n) is 8.57. The lowest BCUT2D eigenvalue weighted by atomic mass is 9.85. The molecule has 10 heteroatoms. The smallest absolute Gasteiger partial charge is 0.262 e. The molecule has 2 unspecified atom stereocenters. The molecule has 1 aliphatic carbocycles. The molecule has 4 rings (SSSR count). The van der Waals surface area contributed by atoms with Gasteiger partial charge < -0.3 is 10.1 Å².